The summed E-state index contributed by atoms with van der Waals surface area (Å²) >= 11 is 0. The number of unbranched alkanes of at least 4 members (excludes halogenated alkanes) is 5. The first-order valence-electron chi connectivity index (χ1n) is 10.7. The molecule has 1 aromatic rings. The van der Waals surface area contributed by atoms with E-state index in [4.69, 9.17) is 9.47 Å². The molecule has 0 bridgehead atoms. The monoisotopic (exact) mass is 390 g/mol. The number of aromatic hydroxyl groups is 1. The lowest BCUT2D eigenvalue weighted by Crippen LogP contribution is -2.47. The van der Waals surface area contributed by atoms with E-state index in [0.29, 0.717) is 18.1 Å². The van der Waals surface area contributed by atoms with Crippen molar-refractivity contribution in [2.75, 3.05) is 39.8 Å². The molecule has 2 aliphatic rings. The molecule has 0 saturated carbocycles. The standard InChI is InChI=1S/C22H34N2O4/c1-4-5-6-7-8-9-14-27-18-15-17(25)21-19(16(18)2)20(22(26)28-21)24-12-10-23(3)11-13-24/h15,20,25H,4-14H2,1-3H3. The zero-order valence-corrected chi connectivity index (χ0v) is 17.5. The van der Waals surface area contributed by atoms with Crippen molar-refractivity contribution in [3.8, 4) is 17.2 Å². The van der Waals surface area contributed by atoms with Gasteiger partial charge in [0.2, 0.25) is 0 Å². The van der Waals surface area contributed by atoms with Gasteiger partial charge >= 0.3 is 5.97 Å². The summed E-state index contributed by atoms with van der Waals surface area (Å²) in [4.78, 5) is 17.0. The van der Waals surface area contributed by atoms with Gasteiger partial charge < -0.3 is 19.5 Å². The second-order valence-electron chi connectivity index (χ2n) is 8.04. The van der Waals surface area contributed by atoms with Gasteiger partial charge in [-0.3, -0.25) is 4.90 Å². The van der Waals surface area contributed by atoms with E-state index >= 15 is 0 Å². The minimum absolute atomic E-state index is 0.0106. The van der Waals surface area contributed by atoms with Crippen molar-refractivity contribution in [1.29, 1.82) is 0 Å². The van der Waals surface area contributed by atoms with Crippen molar-refractivity contribution in [3.63, 3.8) is 0 Å². The molecule has 28 heavy (non-hydrogen) atoms. The highest BCUT2D eigenvalue weighted by molar-refractivity contribution is 5.88. The Morgan fingerprint density at radius 2 is 1.82 bits per heavy atom. The largest absolute Gasteiger partial charge is 0.504 e. The van der Waals surface area contributed by atoms with E-state index in [0.717, 1.165) is 50.1 Å². The van der Waals surface area contributed by atoms with Crippen LogP contribution in [0.25, 0.3) is 0 Å². The molecule has 6 heteroatoms. The molecule has 3 rings (SSSR count). The van der Waals surface area contributed by atoms with E-state index in [9.17, 15) is 9.90 Å². The number of esters is 1. The van der Waals surface area contributed by atoms with E-state index in [1.54, 1.807) is 6.07 Å². The number of piperazine rings is 1. The highest BCUT2D eigenvalue weighted by Gasteiger charge is 2.42. The number of phenolic OH excluding ortho intramolecular Hbond substituents is 1. The Morgan fingerprint density at radius 1 is 1.14 bits per heavy atom. The summed E-state index contributed by atoms with van der Waals surface area (Å²) in [5, 5.41) is 10.4. The molecule has 1 aromatic carbocycles. The maximum absolute atomic E-state index is 12.6. The van der Waals surface area contributed by atoms with Gasteiger partial charge in [0.15, 0.2) is 11.5 Å². The molecule has 0 aliphatic carbocycles. The molecule has 1 unspecified atom stereocenters. The SMILES string of the molecule is CCCCCCCCOc1cc(O)c2c(c1C)C(N1CCN(C)CC1)C(=O)O2. The van der Waals surface area contributed by atoms with Crippen LogP contribution in [0.2, 0.25) is 0 Å². The molecule has 1 fully saturated rings. The lowest BCUT2D eigenvalue weighted by Gasteiger charge is -2.35. The molecular formula is C22H34N2O4. The number of rotatable bonds is 9. The van der Waals surface area contributed by atoms with Crippen molar-refractivity contribution >= 4 is 5.97 Å². The number of carbonyl (C=O) groups excluding carboxylic acids is 1. The Labute approximate surface area is 168 Å². The van der Waals surface area contributed by atoms with Gasteiger partial charge in [0, 0.05) is 43.4 Å². The molecular weight excluding hydrogens is 356 g/mol. The van der Waals surface area contributed by atoms with Crippen molar-refractivity contribution in [2.24, 2.45) is 0 Å². The second-order valence-corrected chi connectivity index (χ2v) is 8.04. The van der Waals surface area contributed by atoms with Crippen LogP contribution in [-0.4, -0.2) is 60.7 Å². The first-order valence-corrected chi connectivity index (χ1v) is 10.7. The molecule has 1 N–H and O–H groups in total. The summed E-state index contributed by atoms with van der Waals surface area (Å²) in [5.41, 5.74) is 1.67. The Bertz CT molecular complexity index is 684. The predicted octanol–water partition coefficient (Wildman–Crippen LogP) is 3.65. The van der Waals surface area contributed by atoms with E-state index < -0.39 is 6.04 Å². The molecule has 0 amide bonds. The molecule has 0 spiro atoms. The summed E-state index contributed by atoms with van der Waals surface area (Å²) in [6, 6.07) is 1.14. The number of hydrogen-bond donors (Lipinski definition) is 1. The zero-order valence-electron chi connectivity index (χ0n) is 17.5. The lowest BCUT2D eigenvalue weighted by molar-refractivity contribution is -0.138. The average molecular weight is 391 g/mol. The summed E-state index contributed by atoms with van der Waals surface area (Å²) in [6.07, 6.45) is 7.21. The summed E-state index contributed by atoms with van der Waals surface area (Å²) in [7, 11) is 2.09. The van der Waals surface area contributed by atoms with Crippen LogP contribution < -0.4 is 9.47 Å². The smallest absolute Gasteiger partial charge is 0.333 e. The maximum Gasteiger partial charge on any atom is 0.333 e. The van der Waals surface area contributed by atoms with Crippen LogP contribution in [0, 0.1) is 6.92 Å². The van der Waals surface area contributed by atoms with Gasteiger partial charge in [0.1, 0.15) is 11.8 Å². The Hall–Kier alpha value is -1.79. The number of benzene rings is 1. The molecule has 1 saturated heterocycles. The molecule has 156 valence electrons. The van der Waals surface area contributed by atoms with E-state index in [2.05, 4.69) is 23.8 Å². The average Bonchev–Trinajstić information content (AvgIpc) is 3.03. The van der Waals surface area contributed by atoms with Crippen LogP contribution >= 0.6 is 0 Å². The van der Waals surface area contributed by atoms with E-state index in [1.165, 1.54) is 25.7 Å². The topological polar surface area (TPSA) is 62.2 Å². The number of phenols is 1. The molecule has 2 aliphatic heterocycles. The second kappa shape index (κ2) is 9.61. The summed E-state index contributed by atoms with van der Waals surface area (Å²) < 4.78 is 11.4. The summed E-state index contributed by atoms with van der Waals surface area (Å²) in [6.45, 7) is 8.24. The van der Waals surface area contributed by atoms with Gasteiger partial charge in [-0.1, -0.05) is 39.0 Å². The van der Waals surface area contributed by atoms with E-state index in [1.807, 2.05) is 6.92 Å². The van der Waals surface area contributed by atoms with Crippen LogP contribution in [-0.2, 0) is 4.79 Å². The van der Waals surface area contributed by atoms with Crippen molar-refractivity contribution in [2.45, 2.75) is 58.4 Å². The van der Waals surface area contributed by atoms with Gasteiger partial charge in [0.25, 0.3) is 0 Å². The van der Waals surface area contributed by atoms with Gasteiger partial charge in [0.05, 0.1) is 6.61 Å². The maximum atomic E-state index is 12.6. The lowest BCUT2D eigenvalue weighted by atomic mass is 9.98. The van der Waals surface area contributed by atoms with Crippen LogP contribution in [0.15, 0.2) is 6.07 Å². The Morgan fingerprint density at radius 3 is 2.54 bits per heavy atom. The molecule has 0 aromatic heterocycles. The van der Waals surface area contributed by atoms with Gasteiger partial charge in [-0.25, -0.2) is 4.79 Å². The molecule has 6 nitrogen and oxygen atoms in total. The quantitative estimate of drug-likeness (QED) is 0.395. The van der Waals surface area contributed by atoms with Crippen LogP contribution in [0.5, 0.6) is 17.2 Å². The van der Waals surface area contributed by atoms with Crippen LogP contribution in [0.4, 0.5) is 0 Å². The first-order chi connectivity index (χ1) is 13.5. The minimum Gasteiger partial charge on any atom is -0.504 e. The molecule has 0 radical (unpaired) electrons. The fourth-order valence-electron chi connectivity index (χ4n) is 4.08. The third-order valence-electron chi connectivity index (χ3n) is 5.88. The number of fused-ring (bicyclic) bond motifs is 1. The van der Waals surface area contributed by atoms with E-state index in [-0.39, 0.29) is 11.7 Å². The number of hydrogen-bond acceptors (Lipinski definition) is 6. The normalized spacial score (nSPS) is 20.2. The molecule has 2 heterocycles. The predicted molar refractivity (Wildman–Crippen MR) is 109 cm³/mol. The highest BCUT2D eigenvalue weighted by Crippen LogP contribution is 2.48. The number of ether oxygens (including phenoxy) is 2. The fourth-order valence-corrected chi connectivity index (χ4v) is 4.08. The third kappa shape index (κ3) is 4.61. The number of likely N-dealkylation sites (N-methyl/N-ethyl adjacent to an activating group) is 1. The van der Waals surface area contributed by atoms with Crippen molar-refractivity contribution in [3.05, 3.63) is 17.2 Å². The van der Waals surface area contributed by atoms with Crippen LogP contribution in [0.1, 0.15) is 62.6 Å². The number of nitrogens with zero attached hydrogens (tertiary/aromatic N) is 2. The first kappa shape index (κ1) is 20.9. The van der Waals surface area contributed by atoms with Gasteiger partial charge in [-0.05, 0) is 20.4 Å². The van der Waals surface area contributed by atoms with Gasteiger partial charge in [-0.2, -0.15) is 0 Å². The minimum atomic E-state index is -0.452. The Balaban J connectivity index is 1.68. The summed E-state index contributed by atoms with van der Waals surface area (Å²) in [5.74, 6) is 0.648. The van der Waals surface area contributed by atoms with Gasteiger partial charge in [-0.15, -0.1) is 0 Å². The Kier molecular flexibility index (Phi) is 7.18. The zero-order chi connectivity index (χ0) is 20.1. The number of carbonyl (C=O) groups is 1. The fraction of sp³-hybridized carbons (Fsp3) is 0.682. The highest BCUT2D eigenvalue weighted by atomic mass is 16.5. The third-order valence-corrected chi connectivity index (χ3v) is 5.88. The van der Waals surface area contributed by atoms with Crippen molar-refractivity contribution < 1.29 is 19.4 Å². The molecule has 1 atom stereocenters. The van der Waals surface area contributed by atoms with Crippen LogP contribution in [0.3, 0.4) is 0 Å². The van der Waals surface area contributed by atoms with Crippen molar-refractivity contribution in [1.82, 2.24) is 9.80 Å².